The normalized spacial score (nSPS) is 19.9. The van der Waals surface area contributed by atoms with E-state index < -0.39 is 0 Å². The van der Waals surface area contributed by atoms with E-state index in [9.17, 15) is 4.79 Å². The molecule has 1 aliphatic carbocycles. The zero-order valence-electron chi connectivity index (χ0n) is 8.36. The Balaban J connectivity index is 2.25. The molecule has 80 valence electrons. The first-order chi connectivity index (χ1) is 6.63. The van der Waals surface area contributed by atoms with Crippen LogP contribution < -0.4 is 11.1 Å². The molecule has 0 aromatic rings. The molecule has 1 fully saturated rings. The number of amides is 1. The number of hydrogen-bond acceptors (Lipinski definition) is 3. The van der Waals surface area contributed by atoms with Gasteiger partial charge in [0.25, 0.3) is 0 Å². The van der Waals surface area contributed by atoms with E-state index in [1.807, 2.05) is 6.92 Å². The highest BCUT2D eigenvalue weighted by Gasteiger charge is 2.24. The third kappa shape index (κ3) is 2.90. The third-order valence-electron chi connectivity index (χ3n) is 2.72. The van der Waals surface area contributed by atoms with Crippen LogP contribution in [-0.2, 0) is 4.79 Å². The van der Waals surface area contributed by atoms with E-state index in [1.165, 1.54) is 19.3 Å². The monoisotopic (exact) mass is 199 g/mol. The molecule has 0 spiro atoms. The summed E-state index contributed by atoms with van der Waals surface area (Å²) in [5.41, 5.74) is 5.21. The van der Waals surface area contributed by atoms with E-state index in [1.54, 1.807) is 0 Å². The van der Waals surface area contributed by atoms with Crippen LogP contribution in [0.4, 0.5) is 0 Å². The highest BCUT2D eigenvalue weighted by atomic mass is 16.4. The molecular weight excluding hydrogens is 182 g/mol. The lowest BCUT2D eigenvalue weighted by atomic mass is 9.80. The highest BCUT2D eigenvalue weighted by molar-refractivity contribution is 5.98. The molecule has 0 bridgehead atoms. The second-order valence-electron chi connectivity index (χ2n) is 3.82. The molecule has 1 aliphatic rings. The lowest BCUT2D eigenvalue weighted by molar-refractivity contribution is -0.121. The van der Waals surface area contributed by atoms with Crippen molar-refractivity contribution in [3.05, 3.63) is 0 Å². The summed E-state index contributed by atoms with van der Waals surface area (Å²) in [5.74, 6) is 0.370. The van der Waals surface area contributed by atoms with Crippen molar-refractivity contribution in [3.63, 3.8) is 0 Å². The lowest BCUT2D eigenvalue weighted by Gasteiger charge is -2.31. The molecule has 0 saturated heterocycles. The molecule has 1 atom stereocenters. The molecule has 0 radical (unpaired) electrons. The van der Waals surface area contributed by atoms with Crippen molar-refractivity contribution in [1.29, 1.82) is 0 Å². The van der Waals surface area contributed by atoms with Crippen LogP contribution in [0.1, 0.15) is 32.6 Å². The molecule has 0 aromatic heterocycles. The van der Waals surface area contributed by atoms with Crippen LogP contribution in [0.3, 0.4) is 0 Å². The first kappa shape index (κ1) is 10.8. The van der Waals surface area contributed by atoms with Crippen molar-refractivity contribution in [2.24, 2.45) is 16.8 Å². The smallest absolute Gasteiger partial charge is 0.227 e. The van der Waals surface area contributed by atoms with Gasteiger partial charge in [0.05, 0.1) is 6.42 Å². The fraction of sp³-hybridized carbons (Fsp3) is 0.778. The summed E-state index contributed by atoms with van der Waals surface area (Å²) >= 11 is 0. The number of amidine groups is 1. The van der Waals surface area contributed by atoms with Crippen LogP contribution in [0.15, 0.2) is 5.16 Å². The van der Waals surface area contributed by atoms with Crippen LogP contribution in [0.2, 0.25) is 0 Å². The number of carbonyl (C=O) groups excluding carboxylic acids is 1. The van der Waals surface area contributed by atoms with Gasteiger partial charge in [-0.2, -0.15) is 0 Å². The van der Waals surface area contributed by atoms with Gasteiger partial charge in [-0.1, -0.05) is 11.6 Å². The van der Waals surface area contributed by atoms with E-state index in [2.05, 4.69) is 10.5 Å². The average molecular weight is 199 g/mol. The van der Waals surface area contributed by atoms with E-state index in [4.69, 9.17) is 10.9 Å². The first-order valence-electron chi connectivity index (χ1n) is 4.89. The average Bonchev–Trinajstić information content (AvgIpc) is 1.99. The van der Waals surface area contributed by atoms with Gasteiger partial charge in [-0.05, 0) is 25.7 Å². The fourth-order valence-corrected chi connectivity index (χ4v) is 1.56. The lowest BCUT2D eigenvalue weighted by Crippen LogP contribution is -2.41. The van der Waals surface area contributed by atoms with Gasteiger partial charge in [-0.15, -0.1) is 0 Å². The second kappa shape index (κ2) is 4.83. The Labute approximate surface area is 83.3 Å². The van der Waals surface area contributed by atoms with Gasteiger partial charge in [0.1, 0.15) is 5.84 Å². The minimum atomic E-state index is -0.181. The zero-order chi connectivity index (χ0) is 10.6. The number of oxime groups is 1. The van der Waals surface area contributed by atoms with E-state index in [0.717, 1.165) is 0 Å². The molecule has 1 unspecified atom stereocenters. The van der Waals surface area contributed by atoms with Gasteiger partial charge in [0.2, 0.25) is 5.91 Å². The van der Waals surface area contributed by atoms with Gasteiger partial charge in [0.15, 0.2) is 0 Å². The third-order valence-corrected chi connectivity index (χ3v) is 2.72. The Morgan fingerprint density at radius 3 is 2.79 bits per heavy atom. The number of rotatable bonds is 4. The fourth-order valence-electron chi connectivity index (χ4n) is 1.56. The van der Waals surface area contributed by atoms with Crippen LogP contribution in [0.25, 0.3) is 0 Å². The zero-order valence-corrected chi connectivity index (χ0v) is 8.36. The molecule has 0 heterocycles. The maximum atomic E-state index is 11.3. The predicted molar refractivity (Wildman–Crippen MR) is 53.0 cm³/mol. The molecule has 1 rings (SSSR count). The Morgan fingerprint density at radius 2 is 2.36 bits per heavy atom. The van der Waals surface area contributed by atoms with Crippen molar-refractivity contribution >= 4 is 11.7 Å². The maximum absolute atomic E-state index is 11.3. The number of hydrogen-bond donors (Lipinski definition) is 3. The quantitative estimate of drug-likeness (QED) is 0.265. The van der Waals surface area contributed by atoms with Crippen LogP contribution in [0, 0.1) is 5.92 Å². The Kier molecular flexibility index (Phi) is 3.73. The van der Waals surface area contributed by atoms with Crippen LogP contribution in [-0.4, -0.2) is 23.0 Å². The first-order valence-corrected chi connectivity index (χ1v) is 4.89. The molecule has 4 N–H and O–H groups in total. The van der Waals surface area contributed by atoms with Gasteiger partial charge < -0.3 is 16.3 Å². The topological polar surface area (TPSA) is 87.7 Å². The highest BCUT2D eigenvalue weighted by Crippen LogP contribution is 2.29. The van der Waals surface area contributed by atoms with Crippen molar-refractivity contribution in [2.45, 2.75) is 38.6 Å². The predicted octanol–water partition coefficient (Wildman–Crippen LogP) is 0.428. The van der Waals surface area contributed by atoms with Gasteiger partial charge in [0, 0.05) is 6.04 Å². The Hall–Kier alpha value is -1.26. The van der Waals surface area contributed by atoms with Crippen LogP contribution in [0.5, 0.6) is 0 Å². The molecule has 1 amide bonds. The van der Waals surface area contributed by atoms with E-state index >= 15 is 0 Å². The van der Waals surface area contributed by atoms with Crippen molar-refractivity contribution in [1.82, 2.24) is 5.32 Å². The van der Waals surface area contributed by atoms with Gasteiger partial charge in [-0.25, -0.2) is 0 Å². The largest absolute Gasteiger partial charge is 0.409 e. The van der Waals surface area contributed by atoms with E-state index in [0.29, 0.717) is 5.92 Å². The Bertz CT molecular complexity index is 236. The SMILES string of the molecule is CC(NC(=O)CC(N)=NO)C1CCC1. The van der Waals surface area contributed by atoms with Gasteiger partial charge in [-0.3, -0.25) is 4.79 Å². The summed E-state index contributed by atoms with van der Waals surface area (Å²) in [6.07, 6.45) is 3.59. The number of nitrogens with one attached hydrogen (secondary N) is 1. The maximum Gasteiger partial charge on any atom is 0.227 e. The van der Waals surface area contributed by atoms with Crippen molar-refractivity contribution in [2.75, 3.05) is 0 Å². The molecule has 5 nitrogen and oxygen atoms in total. The minimum absolute atomic E-state index is 0.0342. The summed E-state index contributed by atoms with van der Waals surface area (Å²) in [5, 5.41) is 13.9. The summed E-state index contributed by atoms with van der Waals surface area (Å²) in [6.45, 7) is 1.99. The second-order valence-corrected chi connectivity index (χ2v) is 3.82. The summed E-state index contributed by atoms with van der Waals surface area (Å²) in [6, 6.07) is 0.197. The summed E-state index contributed by atoms with van der Waals surface area (Å²) < 4.78 is 0. The Morgan fingerprint density at radius 1 is 1.71 bits per heavy atom. The summed E-state index contributed by atoms with van der Waals surface area (Å²) in [7, 11) is 0. The molecule has 5 heteroatoms. The summed E-state index contributed by atoms with van der Waals surface area (Å²) in [4.78, 5) is 11.3. The molecule has 0 aromatic carbocycles. The van der Waals surface area contributed by atoms with Crippen LogP contribution >= 0.6 is 0 Å². The number of nitrogens with two attached hydrogens (primary N) is 1. The number of carbonyl (C=O) groups is 1. The van der Waals surface area contributed by atoms with Gasteiger partial charge >= 0.3 is 0 Å². The number of nitrogens with zero attached hydrogens (tertiary/aromatic N) is 1. The molecule has 14 heavy (non-hydrogen) atoms. The standard InChI is InChI=1S/C9H17N3O2/c1-6(7-3-2-4-7)11-9(13)5-8(10)12-14/h6-7,14H,2-5H2,1H3,(H2,10,12)(H,11,13). The van der Waals surface area contributed by atoms with Crippen molar-refractivity contribution < 1.29 is 10.0 Å². The minimum Gasteiger partial charge on any atom is -0.409 e. The van der Waals surface area contributed by atoms with E-state index in [-0.39, 0.29) is 24.2 Å². The molecular formula is C9H17N3O2. The van der Waals surface area contributed by atoms with Crippen molar-refractivity contribution in [3.8, 4) is 0 Å². The molecule has 1 saturated carbocycles. The molecule has 0 aliphatic heterocycles.